The van der Waals surface area contributed by atoms with Crippen LogP contribution in [0.15, 0.2) is 44.7 Å². The second-order valence-electron chi connectivity index (χ2n) is 4.51. The molecule has 7 heteroatoms. The summed E-state index contributed by atoms with van der Waals surface area (Å²) in [5.74, 6) is 2.88. The standard InChI is InChI=1S/C15H21N5OS/c1-3-16-15(18-11-14-19-12(2)21-20-14)17-9-10-22-13-7-5-4-6-8-13/h4-8H,3,9-11H2,1-2H3,(H2,16,17,18). The molecule has 0 atom stereocenters. The number of guanidine groups is 1. The van der Waals surface area contributed by atoms with E-state index in [-0.39, 0.29) is 0 Å². The van der Waals surface area contributed by atoms with Gasteiger partial charge in [0.2, 0.25) is 5.89 Å². The van der Waals surface area contributed by atoms with Crippen LogP contribution in [0.1, 0.15) is 18.6 Å². The third kappa shape index (κ3) is 5.77. The van der Waals surface area contributed by atoms with Gasteiger partial charge in [-0.05, 0) is 19.1 Å². The van der Waals surface area contributed by atoms with Crippen molar-refractivity contribution in [2.24, 2.45) is 4.99 Å². The molecule has 2 rings (SSSR count). The summed E-state index contributed by atoms with van der Waals surface area (Å²) in [6.45, 7) is 5.84. The molecule has 1 aromatic heterocycles. The summed E-state index contributed by atoms with van der Waals surface area (Å²) in [5, 5.41) is 10.3. The van der Waals surface area contributed by atoms with E-state index in [9.17, 15) is 0 Å². The molecule has 0 aliphatic carbocycles. The largest absolute Gasteiger partial charge is 0.357 e. The first-order valence-corrected chi connectivity index (χ1v) is 8.25. The summed E-state index contributed by atoms with van der Waals surface area (Å²) in [6.07, 6.45) is 0. The molecule has 118 valence electrons. The lowest BCUT2D eigenvalue weighted by molar-refractivity contribution is 0.387. The number of hydrogen-bond acceptors (Lipinski definition) is 5. The Bertz CT molecular complexity index is 585. The van der Waals surface area contributed by atoms with E-state index in [1.165, 1.54) is 4.90 Å². The summed E-state index contributed by atoms with van der Waals surface area (Å²) < 4.78 is 4.93. The molecule has 0 aliphatic heterocycles. The highest BCUT2D eigenvalue weighted by Gasteiger charge is 2.02. The lowest BCUT2D eigenvalue weighted by atomic mass is 10.4. The van der Waals surface area contributed by atoms with Crippen molar-refractivity contribution >= 4 is 17.7 Å². The predicted molar refractivity (Wildman–Crippen MR) is 89.0 cm³/mol. The fourth-order valence-electron chi connectivity index (χ4n) is 1.75. The minimum atomic E-state index is 0.401. The summed E-state index contributed by atoms with van der Waals surface area (Å²) in [4.78, 5) is 9.85. The van der Waals surface area contributed by atoms with Crippen molar-refractivity contribution in [3.63, 3.8) is 0 Å². The van der Waals surface area contributed by atoms with Crippen molar-refractivity contribution in [2.75, 3.05) is 18.8 Å². The van der Waals surface area contributed by atoms with Gasteiger partial charge in [-0.3, -0.25) is 0 Å². The molecule has 0 saturated carbocycles. The molecule has 22 heavy (non-hydrogen) atoms. The first-order chi connectivity index (χ1) is 10.8. The quantitative estimate of drug-likeness (QED) is 0.353. The summed E-state index contributed by atoms with van der Waals surface area (Å²) in [7, 11) is 0. The second kappa shape index (κ2) is 9.09. The van der Waals surface area contributed by atoms with Gasteiger partial charge in [0, 0.05) is 30.7 Å². The Hall–Kier alpha value is -2.02. The van der Waals surface area contributed by atoms with E-state index in [4.69, 9.17) is 4.52 Å². The molecular formula is C15H21N5OS. The van der Waals surface area contributed by atoms with Gasteiger partial charge in [-0.15, -0.1) is 11.8 Å². The molecule has 0 bridgehead atoms. The Balaban J connectivity index is 1.76. The Morgan fingerprint density at radius 3 is 2.77 bits per heavy atom. The number of hydrogen-bond donors (Lipinski definition) is 2. The molecule has 6 nitrogen and oxygen atoms in total. The fraction of sp³-hybridized carbons (Fsp3) is 0.400. The summed E-state index contributed by atoms with van der Waals surface area (Å²) >= 11 is 1.81. The van der Waals surface area contributed by atoms with E-state index in [2.05, 4.69) is 37.9 Å². The smallest absolute Gasteiger partial charge is 0.223 e. The third-order valence-electron chi connectivity index (χ3n) is 2.70. The third-order valence-corrected chi connectivity index (χ3v) is 3.71. The molecule has 0 aliphatic rings. The average molecular weight is 319 g/mol. The number of aromatic nitrogens is 2. The van der Waals surface area contributed by atoms with Gasteiger partial charge in [-0.1, -0.05) is 23.4 Å². The monoisotopic (exact) mass is 319 g/mol. The Kier molecular flexibility index (Phi) is 6.76. The molecule has 2 aromatic rings. The lowest BCUT2D eigenvalue weighted by Gasteiger charge is -2.10. The fourth-order valence-corrected chi connectivity index (χ4v) is 2.54. The van der Waals surface area contributed by atoms with Crippen LogP contribution >= 0.6 is 11.8 Å². The second-order valence-corrected chi connectivity index (χ2v) is 5.68. The maximum Gasteiger partial charge on any atom is 0.223 e. The molecule has 2 N–H and O–H groups in total. The van der Waals surface area contributed by atoms with Gasteiger partial charge in [0.1, 0.15) is 6.54 Å². The zero-order valence-corrected chi connectivity index (χ0v) is 13.7. The van der Waals surface area contributed by atoms with Gasteiger partial charge in [0.25, 0.3) is 0 Å². The molecule has 0 radical (unpaired) electrons. The van der Waals surface area contributed by atoms with E-state index in [0.29, 0.717) is 18.3 Å². The van der Waals surface area contributed by atoms with Gasteiger partial charge < -0.3 is 15.2 Å². The van der Waals surface area contributed by atoms with E-state index in [1.807, 2.05) is 36.9 Å². The minimum Gasteiger partial charge on any atom is -0.357 e. The first kappa shape index (κ1) is 16.4. The van der Waals surface area contributed by atoms with Crippen LogP contribution in [0, 0.1) is 6.92 Å². The Morgan fingerprint density at radius 1 is 1.27 bits per heavy atom. The van der Waals surface area contributed by atoms with Crippen LogP contribution in [0.4, 0.5) is 0 Å². The van der Waals surface area contributed by atoms with Crippen molar-refractivity contribution in [2.45, 2.75) is 25.3 Å². The Labute approximate surface area is 134 Å². The van der Waals surface area contributed by atoms with E-state index in [1.54, 1.807) is 6.92 Å². The molecule has 0 fully saturated rings. The molecule has 0 spiro atoms. The maximum atomic E-state index is 4.93. The van der Waals surface area contributed by atoms with Gasteiger partial charge in [0.15, 0.2) is 11.8 Å². The van der Waals surface area contributed by atoms with Crippen molar-refractivity contribution in [1.29, 1.82) is 0 Å². The van der Waals surface area contributed by atoms with Crippen LogP contribution in [-0.2, 0) is 6.54 Å². The number of rotatable bonds is 7. The zero-order chi connectivity index (χ0) is 15.6. The van der Waals surface area contributed by atoms with Crippen LogP contribution in [0.3, 0.4) is 0 Å². The lowest BCUT2D eigenvalue weighted by Crippen LogP contribution is -2.38. The average Bonchev–Trinajstić information content (AvgIpc) is 2.95. The molecule has 0 saturated heterocycles. The van der Waals surface area contributed by atoms with Crippen LogP contribution in [0.5, 0.6) is 0 Å². The van der Waals surface area contributed by atoms with Gasteiger partial charge in [-0.25, -0.2) is 4.99 Å². The van der Waals surface area contributed by atoms with Crippen molar-refractivity contribution < 1.29 is 4.52 Å². The SMILES string of the molecule is CCNC(=NCc1noc(C)n1)NCCSc1ccccc1. The van der Waals surface area contributed by atoms with Crippen LogP contribution in [0.25, 0.3) is 0 Å². The summed E-state index contributed by atoms with van der Waals surface area (Å²) in [5.41, 5.74) is 0. The highest BCUT2D eigenvalue weighted by molar-refractivity contribution is 7.99. The van der Waals surface area contributed by atoms with Gasteiger partial charge in [0.05, 0.1) is 0 Å². The van der Waals surface area contributed by atoms with Gasteiger partial charge >= 0.3 is 0 Å². The predicted octanol–water partition coefficient (Wildman–Crippen LogP) is 2.23. The first-order valence-electron chi connectivity index (χ1n) is 7.27. The van der Waals surface area contributed by atoms with Crippen molar-refractivity contribution in [3.8, 4) is 0 Å². The maximum absolute atomic E-state index is 4.93. The van der Waals surface area contributed by atoms with Crippen LogP contribution in [0.2, 0.25) is 0 Å². The van der Waals surface area contributed by atoms with E-state index < -0.39 is 0 Å². The normalized spacial score (nSPS) is 11.5. The van der Waals surface area contributed by atoms with Crippen molar-refractivity contribution in [1.82, 2.24) is 20.8 Å². The highest BCUT2D eigenvalue weighted by Crippen LogP contribution is 2.15. The topological polar surface area (TPSA) is 75.3 Å². The number of aryl methyl sites for hydroxylation is 1. The number of aliphatic imine (C=N–C) groups is 1. The summed E-state index contributed by atoms with van der Waals surface area (Å²) in [6, 6.07) is 10.4. The number of nitrogens with zero attached hydrogens (tertiary/aromatic N) is 3. The number of thioether (sulfide) groups is 1. The van der Waals surface area contributed by atoms with Crippen molar-refractivity contribution in [3.05, 3.63) is 42.0 Å². The molecule has 1 heterocycles. The minimum absolute atomic E-state index is 0.401. The molecule has 0 unspecified atom stereocenters. The number of nitrogens with one attached hydrogen (secondary N) is 2. The highest BCUT2D eigenvalue weighted by atomic mass is 32.2. The molecular weight excluding hydrogens is 298 g/mol. The molecule has 0 amide bonds. The zero-order valence-electron chi connectivity index (χ0n) is 12.9. The number of benzene rings is 1. The molecule has 1 aromatic carbocycles. The van der Waals surface area contributed by atoms with E-state index in [0.717, 1.165) is 24.8 Å². The Morgan fingerprint density at radius 2 is 2.09 bits per heavy atom. The van der Waals surface area contributed by atoms with E-state index >= 15 is 0 Å². The van der Waals surface area contributed by atoms with Crippen LogP contribution < -0.4 is 10.6 Å². The van der Waals surface area contributed by atoms with Gasteiger partial charge in [-0.2, -0.15) is 4.98 Å². The van der Waals surface area contributed by atoms with Crippen LogP contribution in [-0.4, -0.2) is 34.9 Å².